The number of nitrogens with zero attached hydrogens (tertiary/aromatic N) is 3. The van der Waals surface area contributed by atoms with E-state index in [4.69, 9.17) is 5.73 Å². The fourth-order valence-electron chi connectivity index (χ4n) is 11.0. The van der Waals surface area contributed by atoms with Crippen LogP contribution in [0.15, 0.2) is 255 Å². The summed E-state index contributed by atoms with van der Waals surface area (Å²) >= 11 is 0. The lowest BCUT2D eigenvalue weighted by Crippen LogP contribution is -2.27. The lowest BCUT2D eigenvalue weighted by molar-refractivity contribution is 1.15. The third-order valence-electron chi connectivity index (χ3n) is 14.5. The zero-order valence-corrected chi connectivity index (χ0v) is 41.6. The number of nitrogen functional groups attached to an aromatic ring is 1. The number of hydrogen-bond acceptors (Lipinski definition) is 1. The van der Waals surface area contributed by atoms with Crippen LogP contribution >= 0.6 is 0 Å². The average molecular weight is 951 g/mol. The quantitative estimate of drug-likeness (QED) is 0.120. The van der Waals surface area contributed by atoms with Crippen molar-refractivity contribution in [1.29, 1.82) is 0 Å². The number of allylic oxidation sites excluding steroid dienone is 5. The van der Waals surface area contributed by atoms with Crippen molar-refractivity contribution in [1.82, 2.24) is 13.7 Å². The van der Waals surface area contributed by atoms with Gasteiger partial charge in [0.2, 0.25) is 0 Å². The Balaban J connectivity index is 0.000000154. The lowest BCUT2D eigenvalue weighted by Gasteiger charge is -2.11. The van der Waals surface area contributed by atoms with Gasteiger partial charge < -0.3 is 19.4 Å². The van der Waals surface area contributed by atoms with Crippen molar-refractivity contribution in [3.8, 4) is 39.3 Å². The molecule has 0 aliphatic carbocycles. The third kappa shape index (κ3) is 7.90. The molecule has 354 valence electrons. The molecule has 13 rings (SSSR count). The van der Waals surface area contributed by atoms with E-state index in [9.17, 15) is 0 Å². The number of hydrogen-bond donors (Lipinski definition) is 1. The molecule has 10 aromatic carbocycles. The number of fused-ring (bicyclic) bond motifs is 9. The summed E-state index contributed by atoms with van der Waals surface area (Å²) in [5.41, 5.74) is 24.8. The highest BCUT2D eigenvalue weighted by atomic mass is 15.0. The molecule has 0 aliphatic rings. The van der Waals surface area contributed by atoms with Crippen LogP contribution in [0, 0.1) is 0 Å². The second-order valence-corrected chi connectivity index (χ2v) is 18.8. The average Bonchev–Trinajstić information content (AvgIpc) is 4.09. The summed E-state index contributed by atoms with van der Waals surface area (Å²) in [4.78, 5) is 0. The SMILES string of the molecule is C=C/C=C\C=C(/C)c1ccc(-c2ccc3c(c2)c2ccccc2n3-c2ccccc2)cc1N.C=c1cccc(-n2c3ccccc3c3ccc(-c4ccc5c(c4)c4ccccc4n5-c4ccccc4)cc32)/c1=C/C. The molecule has 0 bridgehead atoms. The molecule has 3 aromatic heterocycles. The first-order valence-corrected chi connectivity index (χ1v) is 25.2. The zero-order valence-electron chi connectivity index (χ0n) is 41.6. The van der Waals surface area contributed by atoms with Gasteiger partial charge in [-0.3, -0.25) is 0 Å². The van der Waals surface area contributed by atoms with Gasteiger partial charge in [-0.25, -0.2) is 0 Å². The maximum atomic E-state index is 6.46. The summed E-state index contributed by atoms with van der Waals surface area (Å²) in [6, 6.07) is 80.3. The molecule has 13 aromatic rings. The van der Waals surface area contributed by atoms with E-state index in [2.05, 4.69) is 277 Å². The van der Waals surface area contributed by atoms with E-state index >= 15 is 0 Å². The molecule has 0 saturated heterocycles. The van der Waals surface area contributed by atoms with E-state index in [-0.39, 0.29) is 0 Å². The third-order valence-corrected chi connectivity index (χ3v) is 14.5. The first-order valence-electron chi connectivity index (χ1n) is 25.2. The number of rotatable bonds is 8. The Bertz CT molecular complexity index is 4480. The van der Waals surface area contributed by atoms with Crippen LogP contribution in [0.25, 0.3) is 123 Å². The number of para-hydroxylation sites is 5. The molecular formula is C70H54N4. The molecule has 0 saturated carbocycles. The van der Waals surface area contributed by atoms with Crippen LogP contribution in [0.1, 0.15) is 19.4 Å². The number of nitrogens with two attached hydrogens (primary N) is 1. The van der Waals surface area contributed by atoms with E-state index in [1.165, 1.54) is 82.2 Å². The molecule has 4 heteroatoms. The first-order chi connectivity index (χ1) is 36.4. The van der Waals surface area contributed by atoms with Crippen LogP contribution in [0.2, 0.25) is 0 Å². The molecule has 0 fully saturated rings. The normalized spacial score (nSPS) is 12.2. The van der Waals surface area contributed by atoms with Crippen LogP contribution in [0.3, 0.4) is 0 Å². The molecule has 0 amide bonds. The Labute approximate surface area is 431 Å². The second-order valence-electron chi connectivity index (χ2n) is 18.8. The molecule has 3 heterocycles. The van der Waals surface area contributed by atoms with Crippen LogP contribution < -0.4 is 16.2 Å². The van der Waals surface area contributed by atoms with Gasteiger partial charge in [0.1, 0.15) is 0 Å². The van der Waals surface area contributed by atoms with Crippen molar-refractivity contribution in [2.24, 2.45) is 0 Å². The van der Waals surface area contributed by atoms with Crippen LogP contribution in [-0.2, 0) is 0 Å². The van der Waals surface area contributed by atoms with Crippen LogP contribution in [-0.4, -0.2) is 13.7 Å². The van der Waals surface area contributed by atoms with Gasteiger partial charge in [-0.15, -0.1) is 0 Å². The van der Waals surface area contributed by atoms with E-state index < -0.39 is 0 Å². The first kappa shape index (κ1) is 45.5. The van der Waals surface area contributed by atoms with E-state index in [0.29, 0.717) is 0 Å². The highest BCUT2D eigenvalue weighted by molar-refractivity contribution is 6.13. The zero-order chi connectivity index (χ0) is 50.3. The monoisotopic (exact) mass is 950 g/mol. The number of aromatic nitrogens is 3. The minimum atomic E-state index is 0.778. The number of anilines is 1. The largest absolute Gasteiger partial charge is 0.398 e. The van der Waals surface area contributed by atoms with Crippen molar-refractivity contribution in [3.05, 3.63) is 271 Å². The van der Waals surface area contributed by atoms with Crippen molar-refractivity contribution in [2.45, 2.75) is 13.8 Å². The fourth-order valence-corrected chi connectivity index (χ4v) is 11.0. The van der Waals surface area contributed by atoms with E-state index in [1.807, 2.05) is 12.2 Å². The topological polar surface area (TPSA) is 40.8 Å². The van der Waals surface area contributed by atoms with Crippen molar-refractivity contribution in [3.63, 3.8) is 0 Å². The summed E-state index contributed by atoms with van der Waals surface area (Å²) in [5.74, 6) is 0. The van der Waals surface area contributed by atoms with Gasteiger partial charge in [0.25, 0.3) is 0 Å². The lowest BCUT2D eigenvalue weighted by atomic mass is 9.97. The van der Waals surface area contributed by atoms with Gasteiger partial charge in [-0.1, -0.05) is 183 Å². The van der Waals surface area contributed by atoms with Gasteiger partial charge in [-0.05, 0) is 132 Å². The molecule has 0 aliphatic heterocycles. The highest BCUT2D eigenvalue weighted by Gasteiger charge is 2.18. The van der Waals surface area contributed by atoms with Crippen LogP contribution in [0.5, 0.6) is 0 Å². The smallest absolute Gasteiger partial charge is 0.0547 e. The molecule has 4 nitrogen and oxygen atoms in total. The molecular weight excluding hydrogens is 897 g/mol. The second kappa shape index (κ2) is 19.2. The predicted molar refractivity (Wildman–Crippen MR) is 319 cm³/mol. The standard InChI is InChI=1S/C39H28N2.C31H26N2/c1-3-30-26(2)12-11-19-35(30)41-37-18-10-7-15-31(37)33-22-20-28(25-39(33)41)27-21-23-38-34(24-27)32-16-8-9-17-36(32)40(38)29-13-5-4-6-14-29;1-3-4-6-11-22(2)26-18-16-24(21-29(26)32)23-17-19-31-28(20-23)27-14-9-10-15-30(27)33(31)25-12-7-5-8-13-25/h3-25H,2H2,1H3;3-21H,1,32H2,2H3/b30-3+;6-4-,22-11+. The molecule has 2 N–H and O–H groups in total. The molecule has 0 spiro atoms. The predicted octanol–water partition coefficient (Wildman–Crippen LogP) is 16.9. The maximum absolute atomic E-state index is 6.46. The van der Waals surface area contributed by atoms with Crippen molar-refractivity contribution in [2.75, 3.05) is 5.73 Å². The molecule has 74 heavy (non-hydrogen) atoms. The van der Waals surface area contributed by atoms with Gasteiger partial charge in [0.05, 0.1) is 38.8 Å². The summed E-state index contributed by atoms with van der Waals surface area (Å²) in [6.45, 7) is 12.2. The number of benzene rings is 10. The van der Waals surface area contributed by atoms with Gasteiger partial charge in [-0.2, -0.15) is 0 Å². The Kier molecular flexibility index (Phi) is 11.8. The summed E-state index contributed by atoms with van der Waals surface area (Å²) in [7, 11) is 0. The molecule has 0 unspecified atom stereocenters. The molecule has 0 atom stereocenters. The van der Waals surface area contributed by atoms with E-state index in [0.717, 1.165) is 49.8 Å². The highest BCUT2D eigenvalue weighted by Crippen LogP contribution is 2.39. The minimum absolute atomic E-state index is 0.778. The Morgan fingerprint density at radius 1 is 0.419 bits per heavy atom. The van der Waals surface area contributed by atoms with Crippen molar-refractivity contribution < 1.29 is 0 Å². The van der Waals surface area contributed by atoms with E-state index in [1.54, 1.807) is 6.08 Å². The Hall–Kier alpha value is -9.64. The van der Waals surface area contributed by atoms with Crippen molar-refractivity contribution >= 4 is 89.3 Å². The fraction of sp³-hybridized carbons (Fsp3) is 0.0286. The maximum Gasteiger partial charge on any atom is 0.0547 e. The summed E-state index contributed by atoms with van der Waals surface area (Å²) in [6.07, 6.45) is 9.87. The Morgan fingerprint density at radius 2 is 0.878 bits per heavy atom. The summed E-state index contributed by atoms with van der Waals surface area (Å²) in [5, 5.41) is 9.71. The van der Waals surface area contributed by atoms with Gasteiger partial charge in [0, 0.05) is 60.2 Å². The minimum Gasteiger partial charge on any atom is -0.398 e. The molecule has 0 radical (unpaired) electrons. The van der Waals surface area contributed by atoms with Gasteiger partial charge in [0.15, 0.2) is 0 Å². The summed E-state index contributed by atoms with van der Waals surface area (Å²) < 4.78 is 7.10. The van der Waals surface area contributed by atoms with Crippen LogP contribution in [0.4, 0.5) is 5.69 Å². The Morgan fingerprint density at radius 3 is 1.43 bits per heavy atom. The van der Waals surface area contributed by atoms with Gasteiger partial charge >= 0.3 is 0 Å².